The van der Waals surface area contributed by atoms with E-state index in [0.29, 0.717) is 37.4 Å². The van der Waals surface area contributed by atoms with Crippen molar-refractivity contribution in [2.75, 3.05) is 63.9 Å². The molecule has 1 aliphatic rings. The van der Waals surface area contributed by atoms with Gasteiger partial charge in [0.2, 0.25) is 0 Å². The van der Waals surface area contributed by atoms with Gasteiger partial charge in [0, 0.05) is 62.6 Å². The van der Waals surface area contributed by atoms with Crippen LogP contribution in [-0.4, -0.2) is 101 Å². The van der Waals surface area contributed by atoms with Crippen molar-refractivity contribution in [1.29, 1.82) is 0 Å². The van der Waals surface area contributed by atoms with E-state index in [1.807, 2.05) is 84.9 Å². The largest absolute Gasteiger partial charge is 0.484 e. The zero-order valence-corrected chi connectivity index (χ0v) is 35.7. The van der Waals surface area contributed by atoms with E-state index in [1.165, 1.54) is 11.1 Å². The first-order chi connectivity index (χ1) is 30.1. The van der Waals surface area contributed by atoms with Crippen molar-refractivity contribution in [1.82, 2.24) is 35.9 Å². The van der Waals surface area contributed by atoms with Crippen molar-refractivity contribution in [2.24, 2.45) is 0 Å². The Morgan fingerprint density at radius 2 is 1.23 bits per heavy atom. The standard InChI is InChI=1S/C46H55ClN10O5/c47-43-45(49)56-44(48)42(55-43)46(60)54-37-12-7-29-57(30-37,27-5-8-33-13-17-38(18-14-33)61-31-40(58)52-25-21-35-10-1-3-23-50-35)28-6-9-34-15-19-39(20-16-34)62-32-41(59)53-26-22-36-11-2-4-24-51-36/h1-4,10-11,13-20,23-24,37H,5-9,12,21-22,25-32H2,(H6-,48,49,52,53,54,56,58,59,60)/p+1/t37-/m0/s1. The Kier molecular flexibility index (Phi) is 16.8. The van der Waals surface area contributed by atoms with Crippen LogP contribution in [0.4, 0.5) is 11.6 Å². The maximum Gasteiger partial charge on any atom is 0.274 e. The third-order valence-corrected chi connectivity index (χ3v) is 11.2. The molecule has 0 radical (unpaired) electrons. The number of benzene rings is 2. The summed E-state index contributed by atoms with van der Waals surface area (Å²) in [5, 5.41) is 8.85. The van der Waals surface area contributed by atoms with Crippen molar-refractivity contribution >= 4 is 41.0 Å². The van der Waals surface area contributed by atoms with E-state index in [0.717, 1.165) is 80.6 Å². The molecule has 7 N–H and O–H groups in total. The van der Waals surface area contributed by atoms with E-state index in [9.17, 15) is 14.4 Å². The van der Waals surface area contributed by atoms with Crippen LogP contribution < -0.4 is 36.9 Å². The second-order valence-corrected chi connectivity index (χ2v) is 15.9. The lowest BCUT2D eigenvalue weighted by atomic mass is 9.99. The minimum atomic E-state index is -0.421. The second kappa shape index (κ2) is 23.0. The molecule has 0 aliphatic carbocycles. The molecule has 4 heterocycles. The summed E-state index contributed by atoms with van der Waals surface area (Å²) in [6.07, 6.45) is 10.2. The van der Waals surface area contributed by atoms with Gasteiger partial charge in [-0.1, -0.05) is 48.0 Å². The normalized spacial score (nSPS) is 14.4. The van der Waals surface area contributed by atoms with E-state index in [-0.39, 0.29) is 53.6 Å². The van der Waals surface area contributed by atoms with Crippen LogP contribution in [0.3, 0.4) is 0 Å². The highest BCUT2D eigenvalue weighted by Crippen LogP contribution is 2.25. The highest BCUT2D eigenvalue weighted by atomic mass is 35.5. The van der Waals surface area contributed by atoms with Gasteiger partial charge in [-0.3, -0.25) is 24.4 Å². The number of nitrogens with zero attached hydrogens (tertiary/aromatic N) is 5. The first kappa shape index (κ1) is 45.2. The number of likely N-dealkylation sites (tertiary alicyclic amines) is 1. The van der Waals surface area contributed by atoms with Crippen LogP contribution in [0.2, 0.25) is 5.15 Å². The molecule has 0 unspecified atom stereocenters. The van der Waals surface area contributed by atoms with Crippen LogP contribution in [0, 0.1) is 0 Å². The topological polar surface area (TPSA) is 209 Å². The molecule has 16 heteroatoms. The number of pyridine rings is 2. The molecule has 0 bridgehead atoms. The van der Waals surface area contributed by atoms with Gasteiger partial charge in [-0.05, 0) is 85.3 Å². The second-order valence-electron chi connectivity index (χ2n) is 15.6. The first-order valence-electron chi connectivity index (χ1n) is 21.1. The molecule has 326 valence electrons. The lowest BCUT2D eigenvalue weighted by molar-refractivity contribution is -0.933. The van der Waals surface area contributed by atoms with Crippen molar-refractivity contribution in [3.63, 3.8) is 0 Å². The maximum absolute atomic E-state index is 13.4. The molecule has 3 aromatic heterocycles. The number of carbonyl (C=O) groups excluding carboxylic acids is 3. The monoisotopic (exact) mass is 863 g/mol. The average molecular weight is 864 g/mol. The van der Waals surface area contributed by atoms with Gasteiger partial charge in [-0.15, -0.1) is 0 Å². The van der Waals surface area contributed by atoms with Crippen molar-refractivity contribution in [3.8, 4) is 11.5 Å². The summed E-state index contributed by atoms with van der Waals surface area (Å²) in [5.74, 6) is 0.405. The number of piperidine rings is 1. The van der Waals surface area contributed by atoms with Gasteiger partial charge in [0.15, 0.2) is 35.7 Å². The summed E-state index contributed by atoms with van der Waals surface area (Å²) < 4.78 is 12.4. The molecule has 1 fully saturated rings. The van der Waals surface area contributed by atoms with Gasteiger partial charge in [-0.25, -0.2) is 9.97 Å². The molecule has 1 atom stereocenters. The Hall–Kier alpha value is -6.32. The fourth-order valence-corrected chi connectivity index (χ4v) is 7.84. The summed E-state index contributed by atoms with van der Waals surface area (Å²) in [7, 11) is 0. The van der Waals surface area contributed by atoms with E-state index in [1.54, 1.807) is 12.4 Å². The third-order valence-electron chi connectivity index (χ3n) is 10.9. The van der Waals surface area contributed by atoms with Crippen LogP contribution in [0.15, 0.2) is 97.3 Å². The Labute approximate surface area is 367 Å². The lowest BCUT2D eigenvalue weighted by Gasteiger charge is -2.45. The highest BCUT2D eigenvalue weighted by molar-refractivity contribution is 6.31. The summed E-state index contributed by atoms with van der Waals surface area (Å²) in [5.41, 5.74) is 15.9. The fourth-order valence-electron chi connectivity index (χ4n) is 7.72. The van der Waals surface area contributed by atoms with E-state index < -0.39 is 5.91 Å². The minimum Gasteiger partial charge on any atom is -0.484 e. The molecular weight excluding hydrogens is 808 g/mol. The molecule has 0 saturated carbocycles. The van der Waals surface area contributed by atoms with Crippen molar-refractivity contribution in [3.05, 3.63) is 131 Å². The number of nitrogens with two attached hydrogens (primary N) is 2. The van der Waals surface area contributed by atoms with Crippen LogP contribution >= 0.6 is 11.6 Å². The van der Waals surface area contributed by atoms with Crippen LogP contribution in [-0.2, 0) is 35.3 Å². The number of hydrogen-bond donors (Lipinski definition) is 5. The van der Waals surface area contributed by atoms with E-state index in [4.69, 9.17) is 32.5 Å². The Morgan fingerprint density at radius 3 is 1.73 bits per heavy atom. The van der Waals surface area contributed by atoms with Crippen LogP contribution in [0.1, 0.15) is 58.7 Å². The number of aromatic nitrogens is 4. The molecule has 2 aromatic carbocycles. The van der Waals surface area contributed by atoms with E-state index >= 15 is 0 Å². The molecule has 62 heavy (non-hydrogen) atoms. The summed E-state index contributed by atoms with van der Waals surface area (Å²) in [6, 6.07) is 27.2. The molecule has 1 saturated heterocycles. The number of halogens is 1. The summed E-state index contributed by atoms with van der Waals surface area (Å²) >= 11 is 6.09. The first-order valence-corrected chi connectivity index (χ1v) is 21.5. The predicted octanol–water partition coefficient (Wildman–Crippen LogP) is 4.53. The van der Waals surface area contributed by atoms with Crippen molar-refractivity contribution < 1.29 is 28.3 Å². The number of ether oxygens (including phenoxy) is 2. The molecule has 3 amide bonds. The van der Waals surface area contributed by atoms with Crippen LogP contribution in [0.25, 0.3) is 0 Å². The number of carbonyl (C=O) groups is 3. The van der Waals surface area contributed by atoms with Crippen LogP contribution in [0.5, 0.6) is 11.5 Å². The molecule has 0 spiro atoms. The minimum absolute atomic E-state index is 0.0234. The number of aryl methyl sites for hydroxylation is 2. The molecule has 15 nitrogen and oxygen atoms in total. The van der Waals surface area contributed by atoms with Crippen molar-refractivity contribution in [2.45, 2.75) is 57.4 Å². The number of amides is 3. The average Bonchev–Trinajstić information content (AvgIpc) is 3.28. The number of anilines is 2. The molecule has 1 aliphatic heterocycles. The number of rotatable bonds is 22. The van der Waals surface area contributed by atoms with Gasteiger partial charge in [0.25, 0.3) is 17.7 Å². The number of nitrogen functional groups attached to an aromatic ring is 2. The summed E-state index contributed by atoms with van der Waals surface area (Å²) in [6.45, 7) is 4.47. The van der Waals surface area contributed by atoms with Gasteiger partial charge < -0.3 is 41.4 Å². The van der Waals surface area contributed by atoms with Gasteiger partial charge in [-0.2, -0.15) is 0 Å². The lowest BCUT2D eigenvalue weighted by Crippen LogP contribution is -2.60. The van der Waals surface area contributed by atoms with E-state index in [2.05, 4.69) is 35.9 Å². The van der Waals surface area contributed by atoms with Gasteiger partial charge in [0.05, 0.1) is 32.2 Å². The predicted molar refractivity (Wildman–Crippen MR) is 239 cm³/mol. The SMILES string of the molecule is Nc1nc(N)c(C(=O)N[C@H]2CCC[N+](CCCc3ccc(OCC(=O)NCCc4ccccn4)cc3)(CCCc3ccc(OCC(=O)NCCc4ccccn4)cc3)C2)nc1Cl. The zero-order valence-electron chi connectivity index (χ0n) is 34.9. The number of nitrogens with one attached hydrogen (secondary N) is 3. The number of hydrogen-bond acceptors (Lipinski definition) is 11. The molecule has 6 rings (SSSR count). The Balaban J connectivity index is 0.992. The molecular formula is C46H56ClN10O5+. The third kappa shape index (κ3) is 14.4. The quantitative estimate of drug-likeness (QED) is 0.0611. The maximum atomic E-state index is 13.4. The summed E-state index contributed by atoms with van der Waals surface area (Å²) in [4.78, 5) is 54.7. The Morgan fingerprint density at radius 1 is 0.694 bits per heavy atom. The zero-order chi connectivity index (χ0) is 43.6. The Bertz CT molecular complexity index is 2090. The van der Waals surface area contributed by atoms with Gasteiger partial charge >= 0.3 is 0 Å². The molecule has 5 aromatic rings. The van der Waals surface area contributed by atoms with Gasteiger partial charge in [0.1, 0.15) is 11.5 Å². The highest BCUT2D eigenvalue weighted by Gasteiger charge is 2.35. The fraction of sp³-hybridized carbons (Fsp3) is 0.370. The number of quaternary nitrogens is 1. The smallest absolute Gasteiger partial charge is 0.274 e.